The van der Waals surface area contributed by atoms with Crippen molar-refractivity contribution in [1.82, 2.24) is 5.32 Å². The third-order valence-electron chi connectivity index (χ3n) is 5.29. The maximum Gasteiger partial charge on any atom is 0.472 e. The fraction of sp³-hybridized carbons (Fsp3) is 0.917. The number of aliphatic hydroxyl groups is 1. The van der Waals surface area contributed by atoms with E-state index in [1.54, 1.807) is 0 Å². The third kappa shape index (κ3) is 22.8. The summed E-state index contributed by atoms with van der Waals surface area (Å²) >= 11 is 0. The van der Waals surface area contributed by atoms with E-state index in [9.17, 15) is 24.2 Å². The maximum atomic E-state index is 11.8. The summed E-state index contributed by atoms with van der Waals surface area (Å²) in [5.74, 6) is -0.554. The predicted octanol–water partition coefficient (Wildman–Crippen LogP) is 5.03. The van der Waals surface area contributed by atoms with E-state index in [0.717, 1.165) is 32.1 Å². The topological polar surface area (TPSA) is 131 Å². The second-order valence-corrected chi connectivity index (χ2v) is 10.1. The Morgan fingerprint density at radius 1 is 0.794 bits per heavy atom. The van der Waals surface area contributed by atoms with E-state index in [1.807, 2.05) is 6.92 Å². The second kappa shape index (κ2) is 22.5. The third-order valence-corrected chi connectivity index (χ3v) is 6.27. The molecule has 0 spiro atoms. The number of rotatable bonds is 24. The highest BCUT2D eigenvalue weighted by atomic mass is 31.2. The smallest absolute Gasteiger partial charge is 0.463 e. The molecule has 0 bridgehead atoms. The lowest BCUT2D eigenvalue weighted by Crippen LogP contribution is -2.27. The number of unbranched alkanes of at least 4 members (excludes halogenated alkanes) is 11. The number of nitrogens with one attached hydrogen (secondary N) is 1. The minimum atomic E-state index is -4.37. The summed E-state index contributed by atoms with van der Waals surface area (Å²) in [5.41, 5.74) is 0. The fourth-order valence-electron chi connectivity index (χ4n) is 3.24. The van der Waals surface area contributed by atoms with Gasteiger partial charge in [0, 0.05) is 19.4 Å². The van der Waals surface area contributed by atoms with Gasteiger partial charge in [0.25, 0.3) is 0 Å². The summed E-state index contributed by atoms with van der Waals surface area (Å²) in [6, 6.07) is 0. The summed E-state index contributed by atoms with van der Waals surface area (Å²) in [4.78, 5) is 32.8. The average Bonchev–Trinajstić information content (AvgIpc) is 2.81. The first-order valence-electron chi connectivity index (χ1n) is 13.0. The highest BCUT2D eigenvalue weighted by molar-refractivity contribution is 7.47. The van der Waals surface area contributed by atoms with Crippen molar-refractivity contribution in [1.29, 1.82) is 0 Å². The lowest BCUT2D eigenvalue weighted by molar-refractivity contribution is -0.147. The van der Waals surface area contributed by atoms with Gasteiger partial charge in [0.2, 0.25) is 5.91 Å². The van der Waals surface area contributed by atoms with Crippen LogP contribution in [0.1, 0.15) is 110 Å². The first kappa shape index (κ1) is 33.0. The van der Waals surface area contributed by atoms with Gasteiger partial charge < -0.3 is 20.1 Å². The first-order valence-corrected chi connectivity index (χ1v) is 14.5. The predicted molar refractivity (Wildman–Crippen MR) is 132 cm³/mol. The molecule has 0 aromatic heterocycles. The molecule has 0 aliphatic carbocycles. The van der Waals surface area contributed by atoms with Gasteiger partial charge in [-0.05, 0) is 12.8 Å². The van der Waals surface area contributed by atoms with Crippen molar-refractivity contribution in [2.45, 2.75) is 116 Å². The quantitative estimate of drug-likeness (QED) is 0.0938. The molecule has 0 saturated carbocycles. The summed E-state index contributed by atoms with van der Waals surface area (Å²) in [6.07, 6.45) is 14.3. The highest BCUT2D eigenvalue weighted by Crippen LogP contribution is 2.42. The Morgan fingerprint density at radius 3 is 1.94 bits per heavy atom. The molecule has 34 heavy (non-hydrogen) atoms. The zero-order valence-corrected chi connectivity index (χ0v) is 22.2. The molecular formula is C24H48NO8P. The van der Waals surface area contributed by atoms with Gasteiger partial charge in [-0.25, -0.2) is 4.57 Å². The highest BCUT2D eigenvalue weighted by Gasteiger charge is 2.23. The molecule has 0 aromatic carbocycles. The van der Waals surface area contributed by atoms with Crippen LogP contribution in [0.5, 0.6) is 0 Å². The maximum absolute atomic E-state index is 11.8. The van der Waals surface area contributed by atoms with E-state index < -0.39 is 26.5 Å². The van der Waals surface area contributed by atoms with Gasteiger partial charge in [-0.3, -0.25) is 18.6 Å². The molecule has 0 aliphatic heterocycles. The van der Waals surface area contributed by atoms with E-state index >= 15 is 0 Å². The zero-order valence-electron chi connectivity index (χ0n) is 21.3. The van der Waals surface area contributed by atoms with Crippen LogP contribution in [0, 0.1) is 0 Å². The number of aliphatic hydroxyl groups excluding tert-OH is 1. The van der Waals surface area contributed by atoms with Crippen molar-refractivity contribution in [3.05, 3.63) is 0 Å². The minimum Gasteiger partial charge on any atom is -0.463 e. The molecule has 1 amide bonds. The molecule has 0 aliphatic rings. The number of phosphoric ester groups is 1. The monoisotopic (exact) mass is 509 g/mol. The van der Waals surface area contributed by atoms with Crippen molar-refractivity contribution < 1.29 is 37.9 Å². The van der Waals surface area contributed by atoms with Crippen LogP contribution in [-0.2, 0) is 27.9 Å². The molecule has 0 rings (SSSR count). The number of ether oxygens (including phenoxy) is 1. The molecule has 0 fully saturated rings. The van der Waals surface area contributed by atoms with E-state index in [-0.39, 0.29) is 32.1 Å². The van der Waals surface area contributed by atoms with Crippen LogP contribution in [0.4, 0.5) is 0 Å². The second-order valence-electron chi connectivity index (χ2n) is 8.67. The Hall–Kier alpha value is -0.990. The van der Waals surface area contributed by atoms with Crippen molar-refractivity contribution in [3.63, 3.8) is 0 Å². The molecule has 3 N–H and O–H groups in total. The van der Waals surface area contributed by atoms with Gasteiger partial charge in [-0.15, -0.1) is 0 Å². The first-order chi connectivity index (χ1) is 16.3. The fourth-order valence-corrected chi connectivity index (χ4v) is 3.99. The van der Waals surface area contributed by atoms with Crippen LogP contribution in [0.2, 0.25) is 0 Å². The molecule has 0 saturated heterocycles. The Kier molecular flexibility index (Phi) is 21.8. The number of carbonyl (C=O) groups is 2. The van der Waals surface area contributed by atoms with Gasteiger partial charge in [-0.2, -0.15) is 0 Å². The Balaban J connectivity index is 3.65. The van der Waals surface area contributed by atoms with Crippen molar-refractivity contribution in [2.75, 3.05) is 26.4 Å². The van der Waals surface area contributed by atoms with Gasteiger partial charge >= 0.3 is 13.8 Å². The number of hydrogen-bond acceptors (Lipinski definition) is 7. The van der Waals surface area contributed by atoms with Gasteiger partial charge in [0.05, 0.1) is 13.2 Å². The van der Waals surface area contributed by atoms with Crippen LogP contribution >= 0.6 is 7.82 Å². The number of phosphoric acid groups is 1. The Morgan fingerprint density at radius 2 is 1.35 bits per heavy atom. The molecule has 9 nitrogen and oxygen atoms in total. The van der Waals surface area contributed by atoms with Crippen molar-refractivity contribution in [2.24, 2.45) is 0 Å². The molecule has 0 aromatic rings. The summed E-state index contributed by atoms with van der Waals surface area (Å²) in [7, 11) is -4.37. The minimum absolute atomic E-state index is 0.0790. The van der Waals surface area contributed by atoms with Crippen molar-refractivity contribution in [3.8, 4) is 0 Å². The van der Waals surface area contributed by atoms with Crippen LogP contribution in [-0.4, -0.2) is 54.3 Å². The normalized spacial score (nSPS) is 13.9. The SMILES string of the molecule is CCCCCCCCCCCCCC(=O)OCC(O)COP(=O)(O)OCCNC(=O)CCCC. The number of carbonyl (C=O) groups excluding carboxylic acids is 2. The summed E-state index contributed by atoms with van der Waals surface area (Å²) < 4.78 is 26.2. The average molecular weight is 510 g/mol. The molecule has 2 unspecified atom stereocenters. The van der Waals surface area contributed by atoms with Gasteiger partial charge in [0.15, 0.2) is 0 Å². The molecule has 202 valence electrons. The number of amides is 1. The largest absolute Gasteiger partial charge is 0.472 e. The van der Waals surface area contributed by atoms with E-state index in [4.69, 9.17) is 13.8 Å². The van der Waals surface area contributed by atoms with Gasteiger partial charge in [0.1, 0.15) is 12.7 Å². The number of hydrogen-bond donors (Lipinski definition) is 3. The Bertz CT molecular complexity index is 561. The summed E-state index contributed by atoms with van der Waals surface area (Å²) in [6.45, 7) is 3.25. The lowest BCUT2D eigenvalue weighted by Gasteiger charge is -2.15. The van der Waals surface area contributed by atoms with Crippen LogP contribution < -0.4 is 5.32 Å². The molecule has 2 atom stereocenters. The molecular weight excluding hydrogens is 461 g/mol. The molecule has 0 radical (unpaired) electrons. The molecule has 10 heteroatoms. The van der Waals surface area contributed by atoms with Gasteiger partial charge in [-0.1, -0.05) is 84.5 Å². The zero-order chi connectivity index (χ0) is 25.5. The van der Waals surface area contributed by atoms with Crippen LogP contribution in [0.25, 0.3) is 0 Å². The standard InChI is InChI=1S/C24H48NO8P/c1-3-5-7-8-9-10-11-12-13-14-15-17-24(28)31-20-22(26)21-33-34(29,30)32-19-18-25-23(27)16-6-4-2/h22,26H,3-21H2,1-2H3,(H,25,27)(H,29,30). The molecule has 0 heterocycles. The Labute approximate surface area is 205 Å². The number of esters is 1. The van der Waals surface area contributed by atoms with E-state index in [1.165, 1.54) is 51.4 Å². The van der Waals surface area contributed by atoms with Crippen LogP contribution in [0.15, 0.2) is 0 Å². The van der Waals surface area contributed by atoms with Crippen LogP contribution in [0.3, 0.4) is 0 Å². The summed E-state index contributed by atoms with van der Waals surface area (Å²) in [5, 5.41) is 12.4. The lowest BCUT2D eigenvalue weighted by atomic mass is 10.1. The van der Waals surface area contributed by atoms with E-state index in [0.29, 0.717) is 6.42 Å². The van der Waals surface area contributed by atoms with E-state index in [2.05, 4.69) is 12.2 Å². The van der Waals surface area contributed by atoms with Crippen molar-refractivity contribution >= 4 is 19.7 Å².